The SMILES string of the molecule is COCCn1cnnc1CCNC(=O)[C@@H]1CCCN(C(=O)N(C)C)C1. The minimum absolute atomic E-state index is 0.000729. The molecule has 2 rings (SSSR count). The molecule has 0 aromatic carbocycles. The predicted octanol–water partition coefficient (Wildman–Crippen LogP) is -0.0232. The number of amides is 3. The highest BCUT2D eigenvalue weighted by Crippen LogP contribution is 2.17. The number of urea groups is 1. The second-order valence-electron chi connectivity index (χ2n) is 6.44. The number of piperidine rings is 1. The zero-order valence-corrected chi connectivity index (χ0v) is 15.3. The number of nitrogens with zero attached hydrogens (tertiary/aromatic N) is 5. The van der Waals surface area contributed by atoms with Crippen LogP contribution >= 0.6 is 0 Å². The fraction of sp³-hybridized carbons (Fsp3) is 0.750. The Balaban J connectivity index is 1.78. The number of hydrogen-bond acceptors (Lipinski definition) is 5. The Morgan fingerprint density at radius 1 is 1.44 bits per heavy atom. The number of carbonyl (C=O) groups is 2. The minimum atomic E-state index is -0.149. The second-order valence-corrected chi connectivity index (χ2v) is 6.44. The smallest absolute Gasteiger partial charge is 0.319 e. The number of ether oxygens (including phenoxy) is 1. The van der Waals surface area contributed by atoms with Crippen molar-refractivity contribution in [3.63, 3.8) is 0 Å². The van der Waals surface area contributed by atoms with Gasteiger partial charge >= 0.3 is 6.03 Å². The van der Waals surface area contributed by atoms with E-state index in [1.165, 1.54) is 0 Å². The van der Waals surface area contributed by atoms with Crippen LogP contribution in [0.5, 0.6) is 0 Å². The van der Waals surface area contributed by atoms with Crippen molar-refractivity contribution in [2.45, 2.75) is 25.8 Å². The van der Waals surface area contributed by atoms with E-state index < -0.39 is 0 Å². The molecule has 0 radical (unpaired) electrons. The van der Waals surface area contributed by atoms with E-state index in [-0.39, 0.29) is 17.9 Å². The maximum atomic E-state index is 12.4. The van der Waals surface area contributed by atoms with Gasteiger partial charge in [-0.1, -0.05) is 0 Å². The molecule has 1 N–H and O–H groups in total. The molecule has 140 valence electrons. The van der Waals surface area contributed by atoms with E-state index in [4.69, 9.17) is 4.74 Å². The van der Waals surface area contributed by atoms with Crippen molar-refractivity contribution in [2.75, 3.05) is 47.4 Å². The molecule has 0 unspecified atom stereocenters. The van der Waals surface area contributed by atoms with Gasteiger partial charge in [-0.3, -0.25) is 4.79 Å². The van der Waals surface area contributed by atoms with Crippen LogP contribution in [0, 0.1) is 5.92 Å². The standard InChI is InChI=1S/C16H28N6O3/c1-20(2)16(24)21-8-4-5-13(11-21)15(23)17-7-6-14-19-18-12-22(14)9-10-25-3/h12-13H,4-11H2,1-3H3,(H,17,23)/t13-/m1/s1. The summed E-state index contributed by atoms with van der Waals surface area (Å²) in [6, 6.07) is -0.0382. The quantitative estimate of drug-likeness (QED) is 0.744. The van der Waals surface area contributed by atoms with E-state index in [0.717, 1.165) is 18.7 Å². The highest BCUT2D eigenvalue weighted by molar-refractivity contribution is 5.80. The molecule has 9 nitrogen and oxygen atoms in total. The maximum Gasteiger partial charge on any atom is 0.319 e. The molecule has 9 heteroatoms. The minimum Gasteiger partial charge on any atom is -0.383 e. The maximum absolute atomic E-state index is 12.4. The normalized spacial score (nSPS) is 17.4. The highest BCUT2D eigenvalue weighted by Gasteiger charge is 2.28. The number of methoxy groups -OCH3 is 1. The molecule has 0 saturated carbocycles. The predicted molar refractivity (Wildman–Crippen MR) is 92.0 cm³/mol. The molecule has 2 heterocycles. The van der Waals surface area contributed by atoms with Crippen molar-refractivity contribution < 1.29 is 14.3 Å². The van der Waals surface area contributed by atoms with Crippen LogP contribution in [-0.2, 0) is 22.5 Å². The van der Waals surface area contributed by atoms with Gasteiger partial charge in [-0.2, -0.15) is 0 Å². The molecule has 1 fully saturated rings. The van der Waals surface area contributed by atoms with Gasteiger partial charge in [-0.25, -0.2) is 4.79 Å². The molecular weight excluding hydrogens is 324 g/mol. The topological polar surface area (TPSA) is 92.6 Å². The van der Waals surface area contributed by atoms with Gasteiger partial charge in [0.05, 0.1) is 12.5 Å². The Hall–Kier alpha value is -2.16. The molecule has 0 spiro atoms. The average molecular weight is 352 g/mol. The van der Waals surface area contributed by atoms with Crippen molar-refractivity contribution in [1.82, 2.24) is 29.9 Å². The lowest BCUT2D eigenvalue weighted by molar-refractivity contribution is -0.126. The van der Waals surface area contributed by atoms with Crippen molar-refractivity contribution in [3.05, 3.63) is 12.2 Å². The summed E-state index contributed by atoms with van der Waals surface area (Å²) in [6.07, 6.45) is 3.95. The lowest BCUT2D eigenvalue weighted by atomic mass is 9.97. The van der Waals surface area contributed by atoms with Crippen molar-refractivity contribution in [1.29, 1.82) is 0 Å². The zero-order valence-electron chi connectivity index (χ0n) is 15.3. The monoisotopic (exact) mass is 352 g/mol. The number of likely N-dealkylation sites (tertiary alicyclic amines) is 1. The van der Waals surface area contributed by atoms with Gasteiger partial charge in [0.2, 0.25) is 5.91 Å². The van der Waals surface area contributed by atoms with Crippen LogP contribution in [-0.4, -0.2) is 83.9 Å². The first-order valence-corrected chi connectivity index (χ1v) is 8.62. The molecule has 1 aromatic heterocycles. The van der Waals surface area contributed by atoms with Crippen LogP contribution in [0.4, 0.5) is 4.79 Å². The van der Waals surface area contributed by atoms with Gasteiger partial charge in [0.15, 0.2) is 0 Å². The Morgan fingerprint density at radius 2 is 2.24 bits per heavy atom. The third-order valence-electron chi connectivity index (χ3n) is 4.33. The summed E-state index contributed by atoms with van der Waals surface area (Å²) in [4.78, 5) is 27.7. The summed E-state index contributed by atoms with van der Waals surface area (Å²) in [6.45, 7) is 2.98. The Labute approximate surface area is 148 Å². The molecule has 1 saturated heterocycles. The molecule has 25 heavy (non-hydrogen) atoms. The largest absolute Gasteiger partial charge is 0.383 e. The van der Waals surface area contributed by atoms with Gasteiger partial charge in [0.1, 0.15) is 12.2 Å². The van der Waals surface area contributed by atoms with Crippen LogP contribution in [0.1, 0.15) is 18.7 Å². The molecule has 3 amide bonds. The van der Waals surface area contributed by atoms with E-state index in [1.54, 1.807) is 37.3 Å². The third-order valence-corrected chi connectivity index (χ3v) is 4.33. The van der Waals surface area contributed by atoms with Gasteiger partial charge in [0.25, 0.3) is 0 Å². The highest BCUT2D eigenvalue weighted by atomic mass is 16.5. The first-order valence-electron chi connectivity index (χ1n) is 8.62. The summed E-state index contributed by atoms with van der Waals surface area (Å²) in [7, 11) is 5.11. The molecule has 0 aliphatic carbocycles. The number of rotatable bonds is 7. The lowest BCUT2D eigenvalue weighted by Gasteiger charge is -2.33. The number of aromatic nitrogens is 3. The third kappa shape index (κ3) is 5.42. The molecule has 1 aliphatic heterocycles. The van der Waals surface area contributed by atoms with Crippen LogP contribution in [0.2, 0.25) is 0 Å². The number of carbonyl (C=O) groups excluding carboxylic acids is 2. The van der Waals surface area contributed by atoms with Gasteiger partial charge in [-0.15, -0.1) is 10.2 Å². The fourth-order valence-corrected chi connectivity index (χ4v) is 2.94. The second kappa shape index (κ2) is 9.36. The molecule has 1 atom stereocenters. The van der Waals surface area contributed by atoms with E-state index in [0.29, 0.717) is 39.2 Å². The Bertz CT molecular complexity index is 574. The van der Waals surface area contributed by atoms with E-state index in [1.807, 2.05) is 4.57 Å². The van der Waals surface area contributed by atoms with Crippen molar-refractivity contribution >= 4 is 11.9 Å². The summed E-state index contributed by atoms with van der Waals surface area (Å²) >= 11 is 0. The summed E-state index contributed by atoms with van der Waals surface area (Å²) in [5, 5.41) is 10.9. The van der Waals surface area contributed by atoms with E-state index >= 15 is 0 Å². The average Bonchev–Trinajstić information content (AvgIpc) is 3.06. The van der Waals surface area contributed by atoms with Gasteiger partial charge in [-0.05, 0) is 12.8 Å². The molecule has 1 aliphatic rings. The summed E-state index contributed by atoms with van der Waals surface area (Å²) in [5.74, 6) is 0.675. The van der Waals surface area contributed by atoms with Crippen LogP contribution in [0.25, 0.3) is 0 Å². The fourth-order valence-electron chi connectivity index (χ4n) is 2.94. The lowest BCUT2D eigenvalue weighted by Crippen LogP contribution is -2.48. The first-order chi connectivity index (χ1) is 12.0. The van der Waals surface area contributed by atoms with Gasteiger partial charge < -0.3 is 24.4 Å². The van der Waals surface area contributed by atoms with Crippen LogP contribution < -0.4 is 5.32 Å². The van der Waals surface area contributed by atoms with Gasteiger partial charge in [0, 0.05) is 53.8 Å². The number of hydrogen-bond donors (Lipinski definition) is 1. The zero-order chi connectivity index (χ0) is 18.2. The summed E-state index contributed by atoms with van der Waals surface area (Å²) < 4.78 is 6.98. The van der Waals surface area contributed by atoms with E-state index in [9.17, 15) is 9.59 Å². The van der Waals surface area contributed by atoms with E-state index in [2.05, 4.69) is 15.5 Å². The number of nitrogens with one attached hydrogen (secondary N) is 1. The Morgan fingerprint density at radius 3 is 2.96 bits per heavy atom. The molecular formula is C16H28N6O3. The Kier molecular flexibility index (Phi) is 7.17. The first kappa shape index (κ1) is 19.2. The molecule has 0 bridgehead atoms. The van der Waals surface area contributed by atoms with Crippen LogP contribution in [0.15, 0.2) is 6.33 Å². The molecule has 1 aromatic rings. The van der Waals surface area contributed by atoms with Crippen molar-refractivity contribution in [3.8, 4) is 0 Å². The van der Waals surface area contributed by atoms with Crippen LogP contribution in [0.3, 0.4) is 0 Å². The summed E-state index contributed by atoms with van der Waals surface area (Å²) in [5.41, 5.74) is 0. The van der Waals surface area contributed by atoms with Crippen molar-refractivity contribution in [2.24, 2.45) is 5.92 Å².